The zero-order valence-corrected chi connectivity index (χ0v) is 9.21. The standard InChI is InChI=1S/C8H5BrClN3O/c9-5-3-4(1-2-6(5)10)7-12-8(11)13-14-7/h1-3H,(H2,11,13). The molecular weight excluding hydrogens is 269 g/mol. The number of nitrogens with two attached hydrogens (primary N) is 1. The number of halogens is 2. The van der Waals surface area contributed by atoms with Gasteiger partial charge in [0, 0.05) is 10.0 Å². The number of benzene rings is 1. The van der Waals surface area contributed by atoms with E-state index in [2.05, 4.69) is 26.1 Å². The molecule has 0 bridgehead atoms. The molecule has 2 rings (SSSR count). The molecule has 0 amide bonds. The number of hydrogen-bond acceptors (Lipinski definition) is 4. The predicted molar refractivity (Wildman–Crippen MR) is 56.9 cm³/mol. The molecule has 0 radical (unpaired) electrons. The lowest BCUT2D eigenvalue weighted by atomic mass is 10.2. The zero-order chi connectivity index (χ0) is 10.1. The maximum Gasteiger partial charge on any atom is 0.261 e. The molecule has 0 fully saturated rings. The summed E-state index contributed by atoms with van der Waals surface area (Å²) in [6.45, 7) is 0. The molecule has 2 aromatic rings. The van der Waals surface area contributed by atoms with Gasteiger partial charge in [-0.3, -0.25) is 0 Å². The van der Waals surface area contributed by atoms with Crippen LogP contribution in [0.4, 0.5) is 5.95 Å². The Kier molecular flexibility index (Phi) is 2.43. The smallest absolute Gasteiger partial charge is 0.261 e. The van der Waals surface area contributed by atoms with Crippen molar-refractivity contribution < 1.29 is 4.52 Å². The summed E-state index contributed by atoms with van der Waals surface area (Å²) in [5.74, 6) is 0.492. The molecule has 72 valence electrons. The van der Waals surface area contributed by atoms with E-state index >= 15 is 0 Å². The first-order valence-corrected chi connectivity index (χ1v) is 4.88. The number of nitrogens with zero attached hydrogens (tertiary/aromatic N) is 2. The molecule has 0 saturated carbocycles. The molecule has 0 aliphatic heterocycles. The van der Waals surface area contributed by atoms with Crippen LogP contribution in [0.3, 0.4) is 0 Å². The predicted octanol–water partition coefficient (Wildman–Crippen LogP) is 2.73. The molecule has 0 spiro atoms. The second kappa shape index (κ2) is 3.59. The van der Waals surface area contributed by atoms with Crippen LogP contribution in [0.1, 0.15) is 0 Å². The molecule has 1 heterocycles. The van der Waals surface area contributed by atoms with E-state index in [0.717, 1.165) is 10.0 Å². The molecule has 1 aromatic heterocycles. The van der Waals surface area contributed by atoms with E-state index in [1.54, 1.807) is 18.2 Å². The third kappa shape index (κ3) is 1.73. The van der Waals surface area contributed by atoms with E-state index in [1.807, 2.05) is 0 Å². The Morgan fingerprint density at radius 2 is 2.21 bits per heavy atom. The van der Waals surface area contributed by atoms with Gasteiger partial charge in [-0.2, -0.15) is 4.98 Å². The Balaban J connectivity index is 2.47. The fraction of sp³-hybridized carbons (Fsp3) is 0. The fourth-order valence-electron chi connectivity index (χ4n) is 0.981. The molecule has 2 N–H and O–H groups in total. The van der Waals surface area contributed by atoms with Crippen molar-refractivity contribution in [3.05, 3.63) is 27.7 Å². The van der Waals surface area contributed by atoms with Crippen molar-refractivity contribution in [2.24, 2.45) is 0 Å². The van der Waals surface area contributed by atoms with Crippen LogP contribution in [0.5, 0.6) is 0 Å². The summed E-state index contributed by atoms with van der Waals surface area (Å²) >= 11 is 9.13. The van der Waals surface area contributed by atoms with Gasteiger partial charge in [0.25, 0.3) is 11.8 Å². The van der Waals surface area contributed by atoms with Gasteiger partial charge in [0.2, 0.25) is 0 Å². The highest BCUT2D eigenvalue weighted by atomic mass is 79.9. The lowest BCUT2D eigenvalue weighted by Crippen LogP contribution is -1.85. The largest absolute Gasteiger partial charge is 0.365 e. The molecule has 0 aliphatic carbocycles. The van der Waals surface area contributed by atoms with E-state index in [0.29, 0.717) is 10.9 Å². The Morgan fingerprint density at radius 3 is 2.79 bits per heavy atom. The van der Waals surface area contributed by atoms with Crippen molar-refractivity contribution in [1.29, 1.82) is 0 Å². The Labute approximate surface area is 93.2 Å². The molecule has 6 heteroatoms. The number of hydrogen-bond donors (Lipinski definition) is 1. The van der Waals surface area contributed by atoms with Crippen molar-refractivity contribution >= 4 is 33.5 Å². The number of nitrogen functional groups attached to an aromatic ring is 1. The Morgan fingerprint density at radius 1 is 1.43 bits per heavy atom. The summed E-state index contributed by atoms with van der Waals surface area (Å²) in [4.78, 5) is 3.89. The van der Waals surface area contributed by atoms with E-state index in [4.69, 9.17) is 21.9 Å². The summed E-state index contributed by atoms with van der Waals surface area (Å²) < 4.78 is 5.67. The van der Waals surface area contributed by atoms with Gasteiger partial charge < -0.3 is 10.3 Å². The van der Waals surface area contributed by atoms with Crippen molar-refractivity contribution in [3.63, 3.8) is 0 Å². The topological polar surface area (TPSA) is 64.9 Å². The minimum absolute atomic E-state index is 0.117. The van der Waals surface area contributed by atoms with Crippen molar-refractivity contribution in [2.45, 2.75) is 0 Å². The molecule has 14 heavy (non-hydrogen) atoms. The van der Waals surface area contributed by atoms with Crippen molar-refractivity contribution in [2.75, 3.05) is 5.73 Å². The average molecular weight is 275 g/mol. The highest BCUT2D eigenvalue weighted by molar-refractivity contribution is 9.10. The quantitative estimate of drug-likeness (QED) is 0.868. The number of aromatic nitrogens is 2. The van der Waals surface area contributed by atoms with Gasteiger partial charge in [0.15, 0.2) is 0 Å². The van der Waals surface area contributed by atoms with Crippen molar-refractivity contribution in [3.8, 4) is 11.5 Å². The van der Waals surface area contributed by atoms with Gasteiger partial charge in [-0.15, -0.1) is 0 Å². The van der Waals surface area contributed by atoms with Crippen LogP contribution in [0.25, 0.3) is 11.5 Å². The Bertz CT molecular complexity index is 471. The molecule has 1 aromatic carbocycles. The monoisotopic (exact) mass is 273 g/mol. The van der Waals surface area contributed by atoms with Crippen LogP contribution < -0.4 is 5.73 Å². The maximum atomic E-state index is 5.84. The van der Waals surface area contributed by atoms with Gasteiger partial charge in [-0.05, 0) is 39.3 Å². The van der Waals surface area contributed by atoms with E-state index in [1.165, 1.54) is 0 Å². The van der Waals surface area contributed by atoms with E-state index in [-0.39, 0.29) is 5.95 Å². The summed E-state index contributed by atoms with van der Waals surface area (Å²) in [5.41, 5.74) is 6.10. The molecule has 0 atom stereocenters. The molecule has 0 unspecified atom stereocenters. The highest BCUT2D eigenvalue weighted by Gasteiger charge is 2.07. The van der Waals surface area contributed by atoms with E-state index in [9.17, 15) is 0 Å². The van der Waals surface area contributed by atoms with E-state index < -0.39 is 0 Å². The van der Waals surface area contributed by atoms with Crippen LogP contribution >= 0.6 is 27.5 Å². The molecule has 4 nitrogen and oxygen atoms in total. The lowest BCUT2D eigenvalue weighted by Gasteiger charge is -1.97. The first kappa shape index (κ1) is 9.48. The number of rotatable bonds is 1. The van der Waals surface area contributed by atoms with Crippen LogP contribution in [-0.4, -0.2) is 10.1 Å². The Hall–Kier alpha value is -1.07. The molecular formula is C8H5BrClN3O. The van der Waals surface area contributed by atoms with Gasteiger partial charge in [-0.1, -0.05) is 11.6 Å². The fourth-order valence-corrected chi connectivity index (χ4v) is 1.48. The normalized spacial score (nSPS) is 10.4. The highest BCUT2D eigenvalue weighted by Crippen LogP contribution is 2.27. The minimum atomic E-state index is 0.117. The second-order valence-corrected chi connectivity index (χ2v) is 3.85. The number of anilines is 1. The lowest BCUT2D eigenvalue weighted by molar-refractivity contribution is 0.433. The van der Waals surface area contributed by atoms with Crippen LogP contribution in [0, 0.1) is 0 Å². The van der Waals surface area contributed by atoms with Crippen molar-refractivity contribution in [1.82, 2.24) is 10.1 Å². The van der Waals surface area contributed by atoms with Crippen LogP contribution in [-0.2, 0) is 0 Å². The second-order valence-electron chi connectivity index (χ2n) is 2.59. The summed E-state index contributed by atoms with van der Waals surface area (Å²) in [6, 6.07) is 5.30. The van der Waals surface area contributed by atoms with Gasteiger partial charge in [0.05, 0.1) is 5.02 Å². The first-order chi connectivity index (χ1) is 6.66. The third-order valence-electron chi connectivity index (χ3n) is 1.61. The first-order valence-electron chi connectivity index (χ1n) is 3.71. The maximum absolute atomic E-state index is 5.84. The van der Waals surface area contributed by atoms with Crippen LogP contribution in [0.15, 0.2) is 27.2 Å². The zero-order valence-electron chi connectivity index (χ0n) is 6.87. The summed E-state index contributed by atoms with van der Waals surface area (Å²) in [5, 5.41) is 4.11. The van der Waals surface area contributed by atoms with Gasteiger partial charge in [0.1, 0.15) is 0 Å². The molecule has 0 aliphatic rings. The summed E-state index contributed by atoms with van der Waals surface area (Å²) in [6.07, 6.45) is 0. The van der Waals surface area contributed by atoms with Gasteiger partial charge in [-0.25, -0.2) is 0 Å². The molecule has 0 saturated heterocycles. The third-order valence-corrected chi connectivity index (χ3v) is 2.82. The SMILES string of the molecule is Nc1noc(-c2ccc(Cl)c(Br)c2)n1. The summed E-state index contributed by atoms with van der Waals surface area (Å²) in [7, 11) is 0. The van der Waals surface area contributed by atoms with Gasteiger partial charge >= 0.3 is 0 Å². The van der Waals surface area contributed by atoms with Crippen LogP contribution in [0.2, 0.25) is 5.02 Å². The average Bonchev–Trinajstić information content (AvgIpc) is 2.57. The minimum Gasteiger partial charge on any atom is -0.365 e.